The maximum atomic E-state index is 11.9. The van der Waals surface area contributed by atoms with Crippen molar-refractivity contribution in [2.75, 3.05) is 13.7 Å². The first-order valence-electron chi connectivity index (χ1n) is 8.41. The first kappa shape index (κ1) is 16.8. The summed E-state index contributed by atoms with van der Waals surface area (Å²) in [5.41, 5.74) is 1.09. The number of rotatable bonds is 7. The van der Waals surface area contributed by atoms with Crippen LogP contribution in [0, 0.1) is 0 Å². The molecule has 0 unspecified atom stereocenters. The fraction of sp³-hybridized carbons (Fsp3) is 0.611. The zero-order valence-electron chi connectivity index (χ0n) is 13.6. The SMILES string of the molecule is COc1ccc(CNC(=O)CCNC2CCCCCC2)cc1. The van der Waals surface area contributed by atoms with Crippen molar-refractivity contribution in [3.8, 4) is 5.75 Å². The van der Waals surface area contributed by atoms with E-state index in [9.17, 15) is 4.79 Å². The Hall–Kier alpha value is -1.55. The van der Waals surface area contributed by atoms with Crippen LogP contribution in [0.5, 0.6) is 5.75 Å². The molecule has 1 aromatic rings. The average molecular weight is 304 g/mol. The minimum atomic E-state index is 0.108. The van der Waals surface area contributed by atoms with E-state index in [0.29, 0.717) is 19.0 Å². The molecule has 1 amide bonds. The molecule has 22 heavy (non-hydrogen) atoms. The highest BCUT2D eigenvalue weighted by molar-refractivity contribution is 5.76. The number of carbonyl (C=O) groups excluding carboxylic acids is 1. The van der Waals surface area contributed by atoms with Gasteiger partial charge in [0.25, 0.3) is 0 Å². The predicted octanol–water partition coefficient (Wildman–Crippen LogP) is 3.01. The fourth-order valence-corrected chi connectivity index (χ4v) is 2.91. The van der Waals surface area contributed by atoms with Crippen molar-refractivity contribution in [3.63, 3.8) is 0 Å². The summed E-state index contributed by atoms with van der Waals surface area (Å²) in [6.07, 6.45) is 8.43. The average Bonchev–Trinajstić information content (AvgIpc) is 2.82. The van der Waals surface area contributed by atoms with Gasteiger partial charge in [0.15, 0.2) is 0 Å². The number of methoxy groups -OCH3 is 1. The Morgan fingerprint density at radius 2 is 1.82 bits per heavy atom. The molecule has 2 rings (SSSR count). The van der Waals surface area contributed by atoms with Crippen LogP contribution in [-0.2, 0) is 11.3 Å². The summed E-state index contributed by atoms with van der Waals surface area (Å²) in [6, 6.07) is 8.38. The van der Waals surface area contributed by atoms with Crippen LogP contribution in [0.2, 0.25) is 0 Å². The molecule has 1 saturated carbocycles. The molecular weight excluding hydrogens is 276 g/mol. The fourth-order valence-electron chi connectivity index (χ4n) is 2.91. The molecule has 0 aromatic heterocycles. The molecule has 1 aliphatic carbocycles. The van der Waals surface area contributed by atoms with Crippen molar-refractivity contribution in [3.05, 3.63) is 29.8 Å². The molecule has 0 atom stereocenters. The highest BCUT2D eigenvalue weighted by Crippen LogP contribution is 2.17. The highest BCUT2D eigenvalue weighted by atomic mass is 16.5. The largest absolute Gasteiger partial charge is 0.497 e. The zero-order valence-corrected chi connectivity index (χ0v) is 13.6. The van der Waals surface area contributed by atoms with Gasteiger partial charge in [-0.05, 0) is 30.5 Å². The first-order valence-corrected chi connectivity index (χ1v) is 8.41. The van der Waals surface area contributed by atoms with Gasteiger partial charge in [-0.3, -0.25) is 4.79 Å². The summed E-state index contributed by atoms with van der Waals surface area (Å²) in [6.45, 7) is 1.35. The van der Waals surface area contributed by atoms with E-state index < -0.39 is 0 Å². The highest BCUT2D eigenvalue weighted by Gasteiger charge is 2.11. The van der Waals surface area contributed by atoms with Gasteiger partial charge in [0, 0.05) is 25.6 Å². The lowest BCUT2D eigenvalue weighted by Gasteiger charge is -2.15. The number of hydrogen-bond donors (Lipinski definition) is 2. The van der Waals surface area contributed by atoms with Crippen LogP contribution in [0.3, 0.4) is 0 Å². The van der Waals surface area contributed by atoms with E-state index in [4.69, 9.17) is 4.74 Å². The van der Waals surface area contributed by atoms with Crippen molar-refractivity contribution in [1.29, 1.82) is 0 Å². The van der Waals surface area contributed by atoms with Crippen LogP contribution in [0.15, 0.2) is 24.3 Å². The van der Waals surface area contributed by atoms with E-state index in [-0.39, 0.29) is 5.91 Å². The lowest BCUT2D eigenvalue weighted by molar-refractivity contribution is -0.121. The molecule has 4 heteroatoms. The van der Waals surface area contributed by atoms with E-state index in [1.807, 2.05) is 24.3 Å². The lowest BCUT2D eigenvalue weighted by Crippen LogP contribution is -2.33. The molecule has 0 spiro atoms. The number of carbonyl (C=O) groups is 1. The molecule has 0 radical (unpaired) electrons. The number of hydrogen-bond acceptors (Lipinski definition) is 3. The molecule has 1 fully saturated rings. The smallest absolute Gasteiger partial charge is 0.221 e. The van der Waals surface area contributed by atoms with Gasteiger partial charge in [0.2, 0.25) is 5.91 Å². The summed E-state index contributed by atoms with van der Waals surface area (Å²) < 4.78 is 5.12. The third-order valence-electron chi connectivity index (χ3n) is 4.29. The number of amides is 1. The summed E-state index contributed by atoms with van der Waals surface area (Å²) >= 11 is 0. The van der Waals surface area contributed by atoms with Gasteiger partial charge >= 0.3 is 0 Å². The van der Waals surface area contributed by atoms with Gasteiger partial charge in [-0.25, -0.2) is 0 Å². The quantitative estimate of drug-likeness (QED) is 0.761. The van der Waals surface area contributed by atoms with Gasteiger partial charge in [0.05, 0.1) is 7.11 Å². The second-order valence-electron chi connectivity index (χ2n) is 6.02. The van der Waals surface area contributed by atoms with E-state index in [2.05, 4.69) is 10.6 Å². The maximum absolute atomic E-state index is 11.9. The van der Waals surface area contributed by atoms with E-state index in [1.165, 1.54) is 38.5 Å². The number of nitrogens with one attached hydrogen (secondary N) is 2. The Bertz CT molecular complexity index is 437. The monoisotopic (exact) mass is 304 g/mol. The van der Waals surface area contributed by atoms with Gasteiger partial charge in [-0.2, -0.15) is 0 Å². The second-order valence-corrected chi connectivity index (χ2v) is 6.02. The summed E-state index contributed by atoms with van der Waals surface area (Å²) in [5, 5.41) is 6.50. The van der Waals surface area contributed by atoms with Crippen LogP contribution in [-0.4, -0.2) is 25.6 Å². The standard InChI is InChI=1S/C18H28N2O2/c1-22-17-10-8-15(9-11-17)14-20-18(21)12-13-19-16-6-4-2-3-5-7-16/h8-11,16,19H,2-7,12-14H2,1H3,(H,20,21). The Labute approximate surface area is 133 Å². The van der Waals surface area contributed by atoms with Gasteiger partial charge < -0.3 is 15.4 Å². The van der Waals surface area contributed by atoms with Crippen molar-refractivity contribution < 1.29 is 9.53 Å². The van der Waals surface area contributed by atoms with E-state index in [0.717, 1.165) is 17.9 Å². The predicted molar refractivity (Wildman–Crippen MR) is 89.0 cm³/mol. The van der Waals surface area contributed by atoms with Crippen LogP contribution in [0.4, 0.5) is 0 Å². The van der Waals surface area contributed by atoms with Crippen molar-refractivity contribution in [1.82, 2.24) is 10.6 Å². The Balaban J connectivity index is 1.60. The molecule has 1 aromatic carbocycles. The van der Waals surface area contributed by atoms with E-state index in [1.54, 1.807) is 7.11 Å². The zero-order chi connectivity index (χ0) is 15.6. The van der Waals surface area contributed by atoms with E-state index >= 15 is 0 Å². The third-order valence-corrected chi connectivity index (χ3v) is 4.29. The maximum Gasteiger partial charge on any atom is 0.221 e. The minimum absolute atomic E-state index is 0.108. The Morgan fingerprint density at radius 3 is 2.45 bits per heavy atom. The number of benzene rings is 1. The van der Waals surface area contributed by atoms with Crippen molar-refractivity contribution in [2.24, 2.45) is 0 Å². The Morgan fingerprint density at radius 1 is 1.14 bits per heavy atom. The molecular formula is C18H28N2O2. The van der Waals surface area contributed by atoms with Crippen LogP contribution >= 0.6 is 0 Å². The molecule has 0 aliphatic heterocycles. The molecule has 0 heterocycles. The molecule has 1 aliphatic rings. The van der Waals surface area contributed by atoms with Crippen LogP contribution in [0.1, 0.15) is 50.5 Å². The van der Waals surface area contributed by atoms with Crippen molar-refractivity contribution >= 4 is 5.91 Å². The number of ether oxygens (including phenoxy) is 1. The molecule has 0 saturated heterocycles. The van der Waals surface area contributed by atoms with Crippen LogP contribution < -0.4 is 15.4 Å². The summed E-state index contributed by atoms with van der Waals surface area (Å²) in [4.78, 5) is 11.9. The summed E-state index contributed by atoms with van der Waals surface area (Å²) in [7, 11) is 1.65. The molecule has 0 bridgehead atoms. The van der Waals surface area contributed by atoms with Gasteiger partial charge in [-0.15, -0.1) is 0 Å². The second kappa shape index (κ2) is 9.46. The van der Waals surface area contributed by atoms with Gasteiger partial charge in [0.1, 0.15) is 5.75 Å². The van der Waals surface area contributed by atoms with Crippen molar-refractivity contribution in [2.45, 2.75) is 57.5 Å². The molecule has 4 nitrogen and oxygen atoms in total. The third kappa shape index (κ3) is 6.06. The normalized spacial score (nSPS) is 16.0. The molecule has 2 N–H and O–H groups in total. The molecule has 122 valence electrons. The topological polar surface area (TPSA) is 50.4 Å². The summed E-state index contributed by atoms with van der Waals surface area (Å²) in [5.74, 6) is 0.944. The minimum Gasteiger partial charge on any atom is -0.497 e. The Kier molecular flexibility index (Phi) is 7.23. The first-order chi connectivity index (χ1) is 10.8. The van der Waals surface area contributed by atoms with Gasteiger partial charge in [-0.1, -0.05) is 37.8 Å². The lowest BCUT2D eigenvalue weighted by atomic mass is 10.1. The van der Waals surface area contributed by atoms with Crippen LogP contribution in [0.25, 0.3) is 0 Å².